The van der Waals surface area contributed by atoms with Gasteiger partial charge in [-0.1, -0.05) is 0 Å². The number of pyridine rings is 1. The van der Waals surface area contributed by atoms with Crippen LogP contribution in [0.2, 0.25) is 0 Å². The molecule has 2 unspecified atom stereocenters. The monoisotopic (exact) mass is 200 g/mol. The van der Waals surface area contributed by atoms with Gasteiger partial charge in [0, 0.05) is 31.4 Å². The highest BCUT2D eigenvalue weighted by Crippen LogP contribution is 2.27. The van der Waals surface area contributed by atoms with E-state index in [0.29, 0.717) is 17.6 Å². The van der Waals surface area contributed by atoms with Crippen LogP contribution in [0.3, 0.4) is 0 Å². The molecule has 2 fully saturated rings. The number of hydrogen-bond donors (Lipinski definition) is 1. The summed E-state index contributed by atoms with van der Waals surface area (Å²) < 4.78 is 0. The van der Waals surface area contributed by atoms with Gasteiger partial charge in [-0.25, -0.2) is 4.98 Å². The average Bonchev–Trinajstić information content (AvgIpc) is 2.91. The van der Waals surface area contributed by atoms with Gasteiger partial charge in [-0.3, -0.25) is 0 Å². The van der Waals surface area contributed by atoms with Crippen LogP contribution in [-0.2, 0) is 0 Å². The molecule has 0 saturated carbocycles. The normalized spacial score (nSPS) is 28.1. The fourth-order valence-electron chi connectivity index (χ4n) is 2.46. The van der Waals surface area contributed by atoms with Crippen LogP contribution < -0.4 is 10.2 Å². The Morgan fingerprint density at radius 3 is 3.00 bits per heavy atom. The minimum absolute atomic E-state index is 0.593. The molecule has 2 saturated heterocycles. The molecule has 4 nitrogen and oxygen atoms in total. The summed E-state index contributed by atoms with van der Waals surface area (Å²) in [6.07, 6.45) is 2.87. The van der Waals surface area contributed by atoms with Crippen molar-refractivity contribution in [1.29, 1.82) is 5.26 Å². The highest BCUT2D eigenvalue weighted by Gasteiger charge is 2.37. The first-order valence-electron chi connectivity index (χ1n) is 5.23. The molecule has 0 aliphatic carbocycles. The summed E-state index contributed by atoms with van der Waals surface area (Å²) in [4.78, 5) is 6.66. The minimum Gasteiger partial charge on any atom is -0.351 e. The Morgan fingerprint density at radius 2 is 2.47 bits per heavy atom. The van der Waals surface area contributed by atoms with Gasteiger partial charge in [0.1, 0.15) is 11.9 Å². The maximum Gasteiger partial charge on any atom is 0.128 e. The van der Waals surface area contributed by atoms with Crippen LogP contribution in [0, 0.1) is 11.3 Å². The van der Waals surface area contributed by atoms with Crippen molar-refractivity contribution in [2.75, 3.05) is 18.0 Å². The Kier molecular flexibility index (Phi) is 1.86. The molecule has 76 valence electrons. The average molecular weight is 200 g/mol. The van der Waals surface area contributed by atoms with Crippen LogP contribution >= 0.6 is 0 Å². The molecule has 0 spiro atoms. The van der Waals surface area contributed by atoms with E-state index in [1.54, 1.807) is 6.20 Å². The number of piperazine rings is 1. The van der Waals surface area contributed by atoms with Crippen LogP contribution in [-0.4, -0.2) is 30.2 Å². The van der Waals surface area contributed by atoms with Crippen molar-refractivity contribution in [3.05, 3.63) is 23.9 Å². The molecule has 2 bridgehead atoms. The highest BCUT2D eigenvalue weighted by atomic mass is 15.3. The fraction of sp³-hybridized carbons (Fsp3) is 0.455. The van der Waals surface area contributed by atoms with Crippen LogP contribution in [0.1, 0.15) is 12.0 Å². The van der Waals surface area contributed by atoms with E-state index in [1.165, 1.54) is 6.42 Å². The lowest BCUT2D eigenvalue weighted by molar-refractivity contribution is 0.576. The van der Waals surface area contributed by atoms with Crippen LogP contribution in [0.25, 0.3) is 0 Å². The van der Waals surface area contributed by atoms with Gasteiger partial charge in [0.25, 0.3) is 0 Å². The minimum atomic E-state index is 0.593. The number of anilines is 1. The Labute approximate surface area is 88.5 Å². The predicted molar refractivity (Wildman–Crippen MR) is 56.5 cm³/mol. The largest absolute Gasteiger partial charge is 0.351 e. The maximum atomic E-state index is 8.69. The standard InChI is InChI=1S/C11H12N4/c12-4-8-1-2-11(14-5-8)15-7-9-3-10(15)6-13-9/h1-2,5,9-10,13H,3,6-7H2. The molecule has 1 aromatic heterocycles. The van der Waals surface area contributed by atoms with E-state index in [1.807, 2.05) is 12.1 Å². The lowest BCUT2D eigenvalue weighted by atomic mass is 10.2. The Balaban J connectivity index is 1.85. The van der Waals surface area contributed by atoms with E-state index in [9.17, 15) is 0 Å². The second-order valence-corrected chi connectivity index (χ2v) is 4.16. The number of nitrogens with one attached hydrogen (secondary N) is 1. The van der Waals surface area contributed by atoms with E-state index in [0.717, 1.165) is 18.9 Å². The number of hydrogen-bond acceptors (Lipinski definition) is 4. The summed E-state index contributed by atoms with van der Waals surface area (Å²) in [5, 5.41) is 12.1. The third-order valence-corrected chi connectivity index (χ3v) is 3.23. The highest BCUT2D eigenvalue weighted by molar-refractivity contribution is 5.45. The van der Waals surface area contributed by atoms with Crippen molar-refractivity contribution < 1.29 is 0 Å². The van der Waals surface area contributed by atoms with Gasteiger partial charge in [0.15, 0.2) is 0 Å². The lowest BCUT2D eigenvalue weighted by Gasteiger charge is -2.28. The quantitative estimate of drug-likeness (QED) is 0.717. The molecule has 1 aromatic rings. The SMILES string of the molecule is N#Cc1ccc(N2CC3CC2CN3)nc1. The zero-order chi connectivity index (χ0) is 10.3. The number of aromatic nitrogens is 1. The molecule has 0 aromatic carbocycles. The van der Waals surface area contributed by atoms with E-state index < -0.39 is 0 Å². The molecule has 4 heteroatoms. The molecule has 3 rings (SSSR count). The number of nitrogens with zero attached hydrogens (tertiary/aromatic N) is 3. The third kappa shape index (κ3) is 1.36. The zero-order valence-electron chi connectivity index (χ0n) is 8.35. The van der Waals surface area contributed by atoms with Gasteiger partial charge >= 0.3 is 0 Å². The first-order chi connectivity index (χ1) is 7.36. The van der Waals surface area contributed by atoms with E-state index in [2.05, 4.69) is 21.3 Å². The van der Waals surface area contributed by atoms with E-state index in [-0.39, 0.29) is 0 Å². The van der Waals surface area contributed by atoms with Crippen LogP contribution in [0.15, 0.2) is 18.3 Å². The molecule has 3 heterocycles. The van der Waals surface area contributed by atoms with Gasteiger partial charge in [-0.2, -0.15) is 5.26 Å². The molecule has 2 atom stereocenters. The van der Waals surface area contributed by atoms with Crippen molar-refractivity contribution in [1.82, 2.24) is 10.3 Å². The Hall–Kier alpha value is -1.60. The molecule has 1 N–H and O–H groups in total. The summed E-state index contributed by atoms with van der Waals surface area (Å²) in [5.41, 5.74) is 0.626. The maximum absolute atomic E-state index is 8.69. The summed E-state index contributed by atoms with van der Waals surface area (Å²) in [5.74, 6) is 1.00. The lowest BCUT2D eigenvalue weighted by Crippen LogP contribution is -2.43. The van der Waals surface area contributed by atoms with Gasteiger partial charge in [-0.05, 0) is 18.6 Å². The smallest absolute Gasteiger partial charge is 0.128 e. The third-order valence-electron chi connectivity index (χ3n) is 3.23. The summed E-state index contributed by atoms with van der Waals surface area (Å²) in [6.45, 7) is 2.11. The first-order valence-corrected chi connectivity index (χ1v) is 5.23. The predicted octanol–water partition coefficient (Wildman–Crippen LogP) is 0.504. The van der Waals surface area contributed by atoms with Gasteiger partial charge in [-0.15, -0.1) is 0 Å². The van der Waals surface area contributed by atoms with E-state index in [4.69, 9.17) is 5.26 Å². The van der Waals surface area contributed by atoms with Gasteiger partial charge in [0.2, 0.25) is 0 Å². The van der Waals surface area contributed by atoms with Crippen molar-refractivity contribution >= 4 is 5.82 Å². The van der Waals surface area contributed by atoms with Crippen molar-refractivity contribution in [3.63, 3.8) is 0 Å². The molecule has 0 radical (unpaired) electrons. The molecular weight excluding hydrogens is 188 g/mol. The van der Waals surface area contributed by atoms with Crippen molar-refractivity contribution in [2.24, 2.45) is 0 Å². The Bertz CT molecular complexity index is 406. The molecule has 0 amide bonds. The van der Waals surface area contributed by atoms with Crippen LogP contribution in [0.4, 0.5) is 5.82 Å². The van der Waals surface area contributed by atoms with Crippen LogP contribution in [0.5, 0.6) is 0 Å². The summed E-state index contributed by atoms with van der Waals surface area (Å²) in [6, 6.07) is 7.09. The number of fused-ring (bicyclic) bond motifs is 2. The first kappa shape index (κ1) is 8.69. The van der Waals surface area contributed by atoms with E-state index >= 15 is 0 Å². The van der Waals surface area contributed by atoms with Crippen molar-refractivity contribution in [3.8, 4) is 6.07 Å². The summed E-state index contributed by atoms with van der Waals surface area (Å²) >= 11 is 0. The van der Waals surface area contributed by atoms with Crippen molar-refractivity contribution in [2.45, 2.75) is 18.5 Å². The number of nitriles is 1. The second-order valence-electron chi connectivity index (χ2n) is 4.16. The topological polar surface area (TPSA) is 52.0 Å². The fourth-order valence-corrected chi connectivity index (χ4v) is 2.46. The molecule has 15 heavy (non-hydrogen) atoms. The molecule has 2 aliphatic heterocycles. The molecular formula is C11H12N4. The Morgan fingerprint density at radius 1 is 1.53 bits per heavy atom. The van der Waals surface area contributed by atoms with Gasteiger partial charge in [0.05, 0.1) is 5.56 Å². The number of rotatable bonds is 1. The second kappa shape index (κ2) is 3.21. The summed E-state index contributed by atoms with van der Waals surface area (Å²) in [7, 11) is 0. The zero-order valence-corrected chi connectivity index (χ0v) is 8.35. The molecule has 2 aliphatic rings. The van der Waals surface area contributed by atoms with Gasteiger partial charge < -0.3 is 10.2 Å².